The first kappa shape index (κ1) is 23.2. The molecule has 1 atom stereocenters. The van der Waals surface area contributed by atoms with Gasteiger partial charge < -0.3 is 13.9 Å². The predicted octanol–water partition coefficient (Wildman–Crippen LogP) is 6.12. The average molecular weight is 513 g/mol. The monoisotopic (exact) mass is 512 g/mol. The molecule has 0 spiro atoms. The number of aryl methyl sites for hydroxylation is 1. The summed E-state index contributed by atoms with van der Waals surface area (Å²) in [6, 6.07) is 17.8. The molecule has 0 N–H and O–H groups in total. The molecule has 8 heteroatoms. The van der Waals surface area contributed by atoms with Gasteiger partial charge in [0.2, 0.25) is 5.76 Å². The Morgan fingerprint density at radius 2 is 1.86 bits per heavy atom. The van der Waals surface area contributed by atoms with Gasteiger partial charge in [-0.3, -0.25) is 14.5 Å². The Kier molecular flexibility index (Phi) is 5.68. The number of hydrogen-bond donors (Lipinski definition) is 0. The molecule has 37 heavy (non-hydrogen) atoms. The van der Waals surface area contributed by atoms with Crippen molar-refractivity contribution in [1.29, 1.82) is 0 Å². The minimum Gasteiger partial charge on any atom is -0.493 e. The van der Waals surface area contributed by atoms with Crippen molar-refractivity contribution in [1.82, 2.24) is 4.98 Å². The Bertz CT molecular complexity index is 1740. The van der Waals surface area contributed by atoms with Crippen LogP contribution in [0.5, 0.6) is 11.5 Å². The quantitative estimate of drug-likeness (QED) is 0.273. The van der Waals surface area contributed by atoms with E-state index in [0.717, 1.165) is 16.6 Å². The topological polar surface area (TPSA) is 81.9 Å². The standard InChI is InChI=1S/C29H24N2O5S/c1-4-16-10-12-19-23(14-16)37-29(30-19)31-25(17-11-13-21(35-5-2)22(15-17)34-3)24-26(32)18-8-6-7-9-20(18)36-27(24)28(31)33/h6-15,25H,4-5H2,1-3H3/t25-/m1/s1. The van der Waals surface area contributed by atoms with Gasteiger partial charge in [0.15, 0.2) is 22.1 Å². The number of carbonyl (C=O) groups excluding carboxylic acids is 1. The van der Waals surface area contributed by atoms with Crippen LogP contribution in [0.15, 0.2) is 69.9 Å². The maximum absolute atomic E-state index is 13.9. The first-order valence-corrected chi connectivity index (χ1v) is 12.9. The van der Waals surface area contributed by atoms with E-state index in [9.17, 15) is 9.59 Å². The summed E-state index contributed by atoms with van der Waals surface area (Å²) in [6.45, 7) is 4.48. The van der Waals surface area contributed by atoms with Crippen molar-refractivity contribution in [2.24, 2.45) is 0 Å². The fourth-order valence-electron chi connectivity index (χ4n) is 4.84. The van der Waals surface area contributed by atoms with E-state index in [0.29, 0.717) is 45.3 Å². The van der Waals surface area contributed by atoms with Crippen LogP contribution in [0.4, 0.5) is 5.13 Å². The zero-order valence-corrected chi connectivity index (χ0v) is 21.4. The summed E-state index contributed by atoms with van der Waals surface area (Å²) >= 11 is 1.42. The van der Waals surface area contributed by atoms with Crippen LogP contribution in [0.1, 0.15) is 47.1 Å². The molecule has 1 amide bonds. The molecule has 3 heterocycles. The van der Waals surface area contributed by atoms with Gasteiger partial charge in [-0.15, -0.1) is 0 Å². The highest BCUT2D eigenvalue weighted by Gasteiger charge is 2.45. The van der Waals surface area contributed by atoms with Gasteiger partial charge in [-0.25, -0.2) is 4.98 Å². The van der Waals surface area contributed by atoms with Crippen LogP contribution in [0.2, 0.25) is 0 Å². The molecule has 2 aromatic heterocycles. The first-order chi connectivity index (χ1) is 18.0. The van der Waals surface area contributed by atoms with E-state index in [2.05, 4.69) is 13.0 Å². The van der Waals surface area contributed by atoms with E-state index in [4.69, 9.17) is 18.9 Å². The number of carbonyl (C=O) groups is 1. The maximum Gasteiger partial charge on any atom is 0.297 e. The van der Waals surface area contributed by atoms with Crippen molar-refractivity contribution < 1.29 is 18.7 Å². The minimum absolute atomic E-state index is 0.0371. The van der Waals surface area contributed by atoms with Gasteiger partial charge in [0.05, 0.1) is 40.9 Å². The molecule has 5 aromatic rings. The summed E-state index contributed by atoms with van der Waals surface area (Å²) in [7, 11) is 1.56. The lowest BCUT2D eigenvalue weighted by atomic mass is 9.98. The van der Waals surface area contributed by atoms with Crippen molar-refractivity contribution in [2.75, 3.05) is 18.6 Å². The fourth-order valence-corrected chi connectivity index (χ4v) is 5.90. The second-order valence-corrected chi connectivity index (χ2v) is 9.75. The normalized spacial score (nSPS) is 14.9. The Balaban J connectivity index is 1.60. The third-order valence-electron chi connectivity index (χ3n) is 6.64. The SMILES string of the molecule is CCOc1ccc([C@@H]2c3c(oc4ccccc4c3=O)C(=O)N2c2nc3ccc(CC)cc3s2)cc1OC. The molecule has 1 aliphatic heterocycles. The number of rotatable bonds is 6. The van der Waals surface area contributed by atoms with Gasteiger partial charge in [-0.2, -0.15) is 0 Å². The Morgan fingerprint density at radius 1 is 1.03 bits per heavy atom. The number of para-hydroxylation sites is 1. The van der Waals surface area contributed by atoms with Crippen molar-refractivity contribution in [3.8, 4) is 11.5 Å². The van der Waals surface area contributed by atoms with Crippen molar-refractivity contribution in [3.63, 3.8) is 0 Å². The van der Waals surface area contributed by atoms with E-state index in [-0.39, 0.29) is 11.2 Å². The molecule has 0 unspecified atom stereocenters. The van der Waals surface area contributed by atoms with Crippen molar-refractivity contribution in [2.45, 2.75) is 26.3 Å². The van der Waals surface area contributed by atoms with Gasteiger partial charge in [0.1, 0.15) is 5.58 Å². The van der Waals surface area contributed by atoms with E-state index in [1.807, 2.05) is 31.2 Å². The smallest absolute Gasteiger partial charge is 0.297 e. The first-order valence-electron chi connectivity index (χ1n) is 12.1. The second-order valence-electron chi connectivity index (χ2n) is 8.74. The molecule has 0 fully saturated rings. The number of amides is 1. The zero-order chi connectivity index (χ0) is 25.7. The van der Waals surface area contributed by atoms with Gasteiger partial charge in [0, 0.05) is 0 Å². The van der Waals surface area contributed by atoms with Gasteiger partial charge >= 0.3 is 0 Å². The van der Waals surface area contributed by atoms with Crippen LogP contribution in [0, 0.1) is 0 Å². The average Bonchev–Trinajstić information content (AvgIpc) is 3.47. The summed E-state index contributed by atoms with van der Waals surface area (Å²) < 4.78 is 18.3. The van der Waals surface area contributed by atoms with E-state index >= 15 is 0 Å². The summed E-state index contributed by atoms with van der Waals surface area (Å²) in [6.07, 6.45) is 0.900. The highest BCUT2D eigenvalue weighted by Crippen LogP contribution is 2.45. The number of methoxy groups -OCH3 is 1. The Labute approximate surface area is 216 Å². The molecule has 0 radical (unpaired) electrons. The number of fused-ring (bicyclic) bond motifs is 3. The van der Waals surface area contributed by atoms with Gasteiger partial charge in [-0.05, 0) is 60.9 Å². The van der Waals surface area contributed by atoms with Gasteiger partial charge in [-0.1, -0.05) is 42.5 Å². The van der Waals surface area contributed by atoms with Crippen LogP contribution >= 0.6 is 11.3 Å². The Hall–Kier alpha value is -4.17. The molecule has 3 aromatic carbocycles. The summed E-state index contributed by atoms with van der Waals surface area (Å²) in [4.78, 5) is 34.1. The largest absolute Gasteiger partial charge is 0.493 e. The third-order valence-corrected chi connectivity index (χ3v) is 7.65. The van der Waals surface area contributed by atoms with E-state index < -0.39 is 11.9 Å². The number of hydrogen-bond acceptors (Lipinski definition) is 7. The third kappa shape index (κ3) is 3.67. The van der Waals surface area contributed by atoms with Crippen LogP contribution in [0.25, 0.3) is 21.2 Å². The van der Waals surface area contributed by atoms with Crippen molar-refractivity contribution in [3.05, 3.63) is 93.3 Å². The highest BCUT2D eigenvalue weighted by molar-refractivity contribution is 7.22. The fraction of sp³-hybridized carbons (Fsp3) is 0.207. The van der Waals surface area contributed by atoms with Crippen LogP contribution in [0.3, 0.4) is 0 Å². The summed E-state index contributed by atoms with van der Waals surface area (Å²) in [5, 5.41) is 0.927. The molecule has 0 aliphatic carbocycles. The number of anilines is 1. The number of ether oxygens (including phenoxy) is 2. The maximum atomic E-state index is 13.9. The van der Waals surface area contributed by atoms with Crippen LogP contribution in [-0.4, -0.2) is 24.6 Å². The molecule has 1 aliphatic rings. The number of nitrogens with zero attached hydrogens (tertiary/aromatic N) is 2. The molecule has 186 valence electrons. The molecule has 0 saturated heterocycles. The predicted molar refractivity (Wildman–Crippen MR) is 144 cm³/mol. The molecule has 7 nitrogen and oxygen atoms in total. The van der Waals surface area contributed by atoms with Crippen LogP contribution in [-0.2, 0) is 6.42 Å². The molecular formula is C29H24N2O5S. The summed E-state index contributed by atoms with van der Waals surface area (Å²) in [5.74, 6) is 0.741. The number of aromatic nitrogens is 1. The molecular weight excluding hydrogens is 488 g/mol. The second kappa shape index (κ2) is 9.05. The van der Waals surface area contributed by atoms with E-state index in [1.165, 1.54) is 16.9 Å². The van der Waals surface area contributed by atoms with Gasteiger partial charge in [0.25, 0.3) is 5.91 Å². The number of thiazole rings is 1. The summed E-state index contributed by atoms with van der Waals surface area (Å²) in [5.41, 5.74) is 3.12. The molecule has 0 bridgehead atoms. The lowest BCUT2D eigenvalue weighted by molar-refractivity contribution is 0.0971. The molecule has 0 saturated carbocycles. The zero-order valence-electron chi connectivity index (χ0n) is 20.6. The van der Waals surface area contributed by atoms with E-state index in [1.54, 1.807) is 42.3 Å². The lowest BCUT2D eigenvalue weighted by Gasteiger charge is -2.23. The van der Waals surface area contributed by atoms with Crippen LogP contribution < -0.4 is 19.8 Å². The minimum atomic E-state index is -0.737. The molecule has 6 rings (SSSR count). The Morgan fingerprint density at radius 3 is 2.65 bits per heavy atom. The highest BCUT2D eigenvalue weighted by atomic mass is 32.1. The number of benzene rings is 3. The van der Waals surface area contributed by atoms with Crippen molar-refractivity contribution >= 4 is 43.6 Å². The lowest BCUT2D eigenvalue weighted by Crippen LogP contribution is -2.29.